The Morgan fingerprint density at radius 2 is 2.00 bits per heavy atom. The first kappa shape index (κ1) is 14.4. The Kier molecular flexibility index (Phi) is 4.49. The van der Waals surface area contributed by atoms with Crippen LogP contribution < -0.4 is 11.1 Å². The Balaban J connectivity index is 2.28. The molecule has 0 aliphatic heterocycles. The highest BCUT2D eigenvalue weighted by Gasteiger charge is 2.13. The first-order chi connectivity index (χ1) is 8.97. The monoisotopic (exact) mass is 407 g/mol. The van der Waals surface area contributed by atoms with Crippen molar-refractivity contribution in [3.8, 4) is 0 Å². The van der Waals surface area contributed by atoms with Gasteiger partial charge in [0.15, 0.2) is 0 Å². The molecule has 0 unspecified atom stereocenters. The zero-order chi connectivity index (χ0) is 14.0. The lowest BCUT2D eigenvalue weighted by Gasteiger charge is -2.09. The smallest absolute Gasteiger partial charge is 0.257 e. The maximum absolute atomic E-state index is 12.1. The molecule has 1 heterocycles. The van der Waals surface area contributed by atoms with Crippen molar-refractivity contribution in [1.82, 2.24) is 4.98 Å². The van der Waals surface area contributed by atoms with E-state index >= 15 is 0 Å². The number of aromatic nitrogens is 1. The Hall–Kier alpha value is -1.05. The Morgan fingerprint density at radius 3 is 2.68 bits per heavy atom. The van der Waals surface area contributed by atoms with Crippen LogP contribution in [-0.4, -0.2) is 10.9 Å². The number of amides is 1. The molecule has 4 nitrogen and oxygen atoms in total. The molecule has 0 fully saturated rings. The lowest BCUT2D eigenvalue weighted by Crippen LogP contribution is -2.13. The molecule has 0 aliphatic rings. The minimum Gasteiger partial charge on any atom is -0.384 e. The molecule has 0 saturated heterocycles. The van der Waals surface area contributed by atoms with E-state index in [-0.39, 0.29) is 22.3 Å². The summed E-state index contributed by atoms with van der Waals surface area (Å²) in [4.78, 5) is 15.9. The van der Waals surface area contributed by atoms with Crippen LogP contribution in [0.3, 0.4) is 0 Å². The summed E-state index contributed by atoms with van der Waals surface area (Å²) in [5, 5.41) is 3.37. The summed E-state index contributed by atoms with van der Waals surface area (Å²) in [5.74, 6) is -0.162. The Morgan fingerprint density at radius 1 is 1.26 bits per heavy atom. The van der Waals surface area contributed by atoms with Crippen molar-refractivity contribution in [3.05, 3.63) is 49.6 Å². The Labute approximate surface area is 133 Å². The second kappa shape index (κ2) is 5.94. The Bertz CT molecular complexity index is 649. The van der Waals surface area contributed by atoms with Crippen molar-refractivity contribution < 1.29 is 4.79 Å². The molecule has 0 saturated carbocycles. The molecule has 98 valence electrons. The van der Waals surface area contributed by atoms with Crippen molar-refractivity contribution in [3.63, 3.8) is 0 Å². The first-order valence-electron chi connectivity index (χ1n) is 5.15. The fourth-order valence-electron chi connectivity index (χ4n) is 1.41. The van der Waals surface area contributed by atoms with Crippen LogP contribution in [0, 0.1) is 3.57 Å². The zero-order valence-electron chi connectivity index (χ0n) is 9.45. The summed E-state index contributed by atoms with van der Waals surface area (Å²) < 4.78 is 0.979. The van der Waals surface area contributed by atoms with E-state index in [1.54, 1.807) is 12.1 Å². The van der Waals surface area contributed by atoms with E-state index in [4.69, 9.17) is 28.9 Å². The minimum absolute atomic E-state index is 0.225. The first-order valence-corrected chi connectivity index (χ1v) is 6.98. The van der Waals surface area contributed by atoms with Crippen LogP contribution in [0.15, 0.2) is 30.5 Å². The third-order valence-electron chi connectivity index (χ3n) is 2.30. The van der Waals surface area contributed by atoms with Gasteiger partial charge in [0.2, 0.25) is 0 Å². The van der Waals surface area contributed by atoms with Crippen molar-refractivity contribution >= 4 is 63.2 Å². The molecular weight excluding hydrogens is 400 g/mol. The van der Waals surface area contributed by atoms with Crippen molar-refractivity contribution in [2.45, 2.75) is 0 Å². The van der Waals surface area contributed by atoms with Gasteiger partial charge in [-0.15, -0.1) is 0 Å². The lowest BCUT2D eigenvalue weighted by atomic mass is 10.2. The molecule has 0 radical (unpaired) electrons. The third kappa shape index (κ3) is 3.49. The van der Waals surface area contributed by atoms with E-state index in [9.17, 15) is 4.79 Å². The number of nitrogens with two attached hydrogens (primary N) is 1. The van der Waals surface area contributed by atoms with Crippen LogP contribution in [0.1, 0.15) is 10.4 Å². The second-order valence-electron chi connectivity index (χ2n) is 3.67. The van der Waals surface area contributed by atoms with Gasteiger partial charge in [0.05, 0.1) is 21.3 Å². The van der Waals surface area contributed by atoms with Crippen LogP contribution in [0.5, 0.6) is 0 Å². The van der Waals surface area contributed by atoms with Crippen molar-refractivity contribution in [1.29, 1.82) is 0 Å². The van der Waals surface area contributed by atoms with E-state index in [0.29, 0.717) is 10.7 Å². The summed E-state index contributed by atoms with van der Waals surface area (Å²) in [7, 11) is 0. The topological polar surface area (TPSA) is 68.0 Å². The molecule has 0 bridgehead atoms. The maximum atomic E-state index is 12.1. The number of hydrogen-bond donors (Lipinski definition) is 2. The third-order valence-corrected chi connectivity index (χ3v) is 3.59. The number of anilines is 2. The van der Waals surface area contributed by atoms with E-state index in [1.807, 2.05) is 6.07 Å². The van der Waals surface area contributed by atoms with Gasteiger partial charge >= 0.3 is 0 Å². The average Bonchev–Trinajstić information content (AvgIpc) is 2.35. The number of rotatable bonds is 2. The van der Waals surface area contributed by atoms with Gasteiger partial charge in [0, 0.05) is 9.77 Å². The summed E-state index contributed by atoms with van der Waals surface area (Å²) in [6.07, 6.45) is 1.33. The fraction of sp³-hybridized carbons (Fsp3) is 0. The van der Waals surface area contributed by atoms with E-state index in [0.717, 1.165) is 3.57 Å². The summed E-state index contributed by atoms with van der Waals surface area (Å²) in [5.41, 5.74) is 6.30. The van der Waals surface area contributed by atoms with Gasteiger partial charge in [-0.3, -0.25) is 4.79 Å². The van der Waals surface area contributed by atoms with Crippen LogP contribution in [0.2, 0.25) is 10.0 Å². The number of nitrogens with zero attached hydrogens (tertiary/aromatic N) is 1. The molecule has 7 heteroatoms. The second-order valence-corrected chi connectivity index (χ2v) is 5.73. The van der Waals surface area contributed by atoms with Gasteiger partial charge in [0.1, 0.15) is 5.82 Å². The number of halogens is 3. The summed E-state index contributed by atoms with van der Waals surface area (Å²) in [6.45, 7) is 0. The average molecular weight is 408 g/mol. The predicted molar refractivity (Wildman–Crippen MR) is 85.8 cm³/mol. The highest BCUT2D eigenvalue weighted by molar-refractivity contribution is 14.1. The minimum atomic E-state index is -0.387. The molecular formula is C12H8Cl2IN3O. The molecule has 0 spiro atoms. The number of nitrogen functional groups attached to an aromatic ring is 1. The maximum Gasteiger partial charge on any atom is 0.257 e. The number of nitrogens with one attached hydrogen (secondary N) is 1. The van der Waals surface area contributed by atoms with Crippen LogP contribution in [0.4, 0.5) is 11.5 Å². The SMILES string of the molecule is Nc1cc(C(=O)Nc2ccc(I)cc2Cl)c(Cl)cn1. The molecule has 2 rings (SSSR count). The number of carbonyl (C=O) groups is 1. The standard InChI is InChI=1S/C12H8Cl2IN3O/c13-8-3-6(15)1-2-10(8)18-12(19)7-4-11(16)17-5-9(7)14/h1-5H,(H2,16,17)(H,18,19). The molecule has 0 atom stereocenters. The quantitative estimate of drug-likeness (QED) is 0.743. The van der Waals surface area contributed by atoms with Gasteiger partial charge in [-0.2, -0.15) is 0 Å². The normalized spacial score (nSPS) is 10.3. The van der Waals surface area contributed by atoms with Crippen molar-refractivity contribution in [2.24, 2.45) is 0 Å². The van der Waals surface area contributed by atoms with Gasteiger partial charge in [0.25, 0.3) is 5.91 Å². The number of pyridine rings is 1. The molecule has 3 N–H and O–H groups in total. The van der Waals surface area contributed by atoms with Crippen LogP contribution in [-0.2, 0) is 0 Å². The number of benzene rings is 1. The molecule has 1 aromatic heterocycles. The van der Waals surface area contributed by atoms with E-state index < -0.39 is 0 Å². The molecule has 19 heavy (non-hydrogen) atoms. The van der Waals surface area contributed by atoms with Crippen LogP contribution in [0.25, 0.3) is 0 Å². The van der Waals surface area contributed by atoms with Crippen molar-refractivity contribution in [2.75, 3.05) is 11.1 Å². The largest absolute Gasteiger partial charge is 0.384 e. The lowest BCUT2D eigenvalue weighted by molar-refractivity contribution is 0.102. The molecule has 1 amide bonds. The highest BCUT2D eigenvalue weighted by atomic mass is 127. The predicted octanol–water partition coefficient (Wildman–Crippen LogP) is 3.83. The van der Waals surface area contributed by atoms with Gasteiger partial charge in [-0.25, -0.2) is 4.98 Å². The molecule has 2 aromatic rings. The summed E-state index contributed by atoms with van der Waals surface area (Å²) in [6, 6.07) is 6.73. The van der Waals surface area contributed by atoms with Gasteiger partial charge in [-0.05, 0) is 46.9 Å². The fourth-order valence-corrected chi connectivity index (χ4v) is 2.50. The van der Waals surface area contributed by atoms with Gasteiger partial charge < -0.3 is 11.1 Å². The van der Waals surface area contributed by atoms with E-state index in [1.165, 1.54) is 12.3 Å². The molecule has 0 aliphatic carbocycles. The van der Waals surface area contributed by atoms with E-state index in [2.05, 4.69) is 32.9 Å². The van der Waals surface area contributed by atoms with Crippen LogP contribution >= 0.6 is 45.8 Å². The number of carbonyl (C=O) groups excluding carboxylic acids is 1. The molecule has 1 aromatic carbocycles. The number of hydrogen-bond acceptors (Lipinski definition) is 3. The zero-order valence-corrected chi connectivity index (χ0v) is 13.1. The highest BCUT2D eigenvalue weighted by Crippen LogP contribution is 2.25. The summed E-state index contributed by atoms with van der Waals surface area (Å²) >= 11 is 14.1. The van der Waals surface area contributed by atoms with Gasteiger partial charge in [-0.1, -0.05) is 23.2 Å².